The van der Waals surface area contributed by atoms with E-state index in [-0.39, 0.29) is 0 Å². The molecule has 0 fully saturated rings. The van der Waals surface area contributed by atoms with Crippen molar-refractivity contribution >= 4 is 60.4 Å². The first kappa shape index (κ1) is 22.1. The predicted molar refractivity (Wildman–Crippen MR) is 164 cm³/mol. The van der Waals surface area contributed by atoms with Crippen molar-refractivity contribution in [1.29, 1.82) is 0 Å². The molecule has 0 amide bonds. The molecule has 0 unspecified atom stereocenters. The number of aromatic nitrogens is 5. The molecule has 6 heteroatoms. The SMILES string of the molecule is c1ccc(-n2c3ccccc3c3ccc(Oc4ccc5c(n4)c4ccccc4n4c6ccccc6nc54)nc32)cc1. The molecule has 5 heterocycles. The summed E-state index contributed by atoms with van der Waals surface area (Å²) in [5.41, 5.74) is 7.81. The summed E-state index contributed by atoms with van der Waals surface area (Å²) in [6, 6.07) is 43.1. The lowest BCUT2D eigenvalue weighted by molar-refractivity contribution is 0.448. The highest BCUT2D eigenvalue weighted by atomic mass is 16.5. The largest absolute Gasteiger partial charge is 0.421 e. The number of para-hydroxylation sites is 5. The van der Waals surface area contributed by atoms with Gasteiger partial charge in [0.25, 0.3) is 0 Å². The number of imidazole rings is 1. The Hall–Kier alpha value is -5.75. The van der Waals surface area contributed by atoms with Crippen molar-refractivity contribution in [3.8, 4) is 17.4 Å². The second kappa shape index (κ2) is 8.37. The molecular weight excluding hydrogens is 506 g/mol. The van der Waals surface area contributed by atoms with Gasteiger partial charge in [-0.15, -0.1) is 0 Å². The first-order chi connectivity index (χ1) is 20.3. The Kier molecular flexibility index (Phi) is 4.51. The molecule has 6 nitrogen and oxygen atoms in total. The van der Waals surface area contributed by atoms with Crippen molar-refractivity contribution in [2.24, 2.45) is 0 Å². The summed E-state index contributed by atoms with van der Waals surface area (Å²) in [4.78, 5) is 15.0. The standard InChI is InChI=1S/C35H21N5O/c1-2-10-22(11-3-1)39-28-15-7-4-12-23(28)24-18-20-32(38-34(24)39)41-31-21-19-26-33(37-31)25-13-5-8-16-29(25)40-30-17-9-6-14-27(30)36-35(26)40/h1-21H. The molecule has 41 heavy (non-hydrogen) atoms. The summed E-state index contributed by atoms with van der Waals surface area (Å²) in [5.74, 6) is 0.971. The number of pyridine rings is 3. The van der Waals surface area contributed by atoms with Gasteiger partial charge in [-0.2, -0.15) is 4.98 Å². The maximum absolute atomic E-state index is 6.34. The fraction of sp³-hybridized carbons (Fsp3) is 0. The van der Waals surface area contributed by atoms with Crippen molar-refractivity contribution in [1.82, 2.24) is 23.9 Å². The van der Waals surface area contributed by atoms with Crippen molar-refractivity contribution < 1.29 is 4.74 Å². The molecule has 0 aliphatic heterocycles. The number of fused-ring (bicyclic) bond motifs is 11. The van der Waals surface area contributed by atoms with Gasteiger partial charge in [0.1, 0.15) is 11.3 Å². The van der Waals surface area contributed by atoms with Crippen LogP contribution >= 0.6 is 0 Å². The van der Waals surface area contributed by atoms with Crippen LogP contribution in [0.25, 0.3) is 66.1 Å². The van der Waals surface area contributed by atoms with Crippen LogP contribution in [0.3, 0.4) is 0 Å². The van der Waals surface area contributed by atoms with Gasteiger partial charge in [0.15, 0.2) is 0 Å². The van der Waals surface area contributed by atoms with Gasteiger partial charge < -0.3 is 4.74 Å². The molecule has 0 aliphatic rings. The molecule has 0 radical (unpaired) electrons. The Morgan fingerprint density at radius 3 is 1.95 bits per heavy atom. The number of hydrogen-bond donors (Lipinski definition) is 0. The summed E-state index contributed by atoms with van der Waals surface area (Å²) in [6.45, 7) is 0. The third-order valence-corrected chi connectivity index (χ3v) is 7.79. The number of rotatable bonds is 3. The van der Waals surface area contributed by atoms with E-state index < -0.39 is 0 Å². The van der Waals surface area contributed by atoms with E-state index in [2.05, 4.69) is 69.6 Å². The van der Waals surface area contributed by atoms with Gasteiger partial charge in [-0.3, -0.25) is 8.97 Å². The second-order valence-electron chi connectivity index (χ2n) is 10.1. The third kappa shape index (κ3) is 3.22. The molecule has 9 aromatic rings. The van der Waals surface area contributed by atoms with Crippen LogP contribution in [0, 0.1) is 0 Å². The Morgan fingerprint density at radius 1 is 0.439 bits per heavy atom. The van der Waals surface area contributed by atoms with E-state index in [1.165, 1.54) is 0 Å². The lowest BCUT2D eigenvalue weighted by Gasteiger charge is -2.11. The van der Waals surface area contributed by atoms with E-state index in [1.54, 1.807) is 0 Å². The summed E-state index contributed by atoms with van der Waals surface area (Å²) >= 11 is 0. The second-order valence-corrected chi connectivity index (χ2v) is 10.1. The number of benzene rings is 4. The Labute approximate surface area is 233 Å². The number of nitrogens with zero attached hydrogens (tertiary/aromatic N) is 5. The van der Waals surface area contributed by atoms with Crippen LogP contribution in [-0.2, 0) is 0 Å². The molecule has 0 saturated carbocycles. The minimum absolute atomic E-state index is 0.484. The molecule has 5 aromatic heterocycles. The van der Waals surface area contributed by atoms with Crippen molar-refractivity contribution in [3.05, 3.63) is 127 Å². The van der Waals surface area contributed by atoms with Crippen LogP contribution in [0.4, 0.5) is 0 Å². The van der Waals surface area contributed by atoms with Crippen LogP contribution in [0.5, 0.6) is 11.8 Å². The highest BCUT2D eigenvalue weighted by Gasteiger charge is 2.17. The highest BCUT2D eigenvalue weighted by Crippen LogP contribution is 2.35. The van der Waals surface area contributed by atoms with E-state index in [0.717, 1.165) is 66.1 Å². The van der Waals surface area contributed by atoms with E-state index in [0.29, 0.717) is 11.8 Å². The Bertz CT molecular complexity index is 2460. The highest BCUT2D eigenvalue weighted by molar-refractivity contribution is 6.12. The smallest absolute Gasteiger partial charge is 0.223 e. The quantitative estimate of drug-likeness (QED) is 0.216. The molecule has 0 aliphatic carbocycles. The van der Waals surface area contributed by atoms with Gasteiger partial charge in [-0.05, 0) is 48.5 Å². The molecule has 4 aromatic carbocycles. The molecule has 0 spiro atoms. The molecule has 9 rings (SSSR count). The van der Waals surface area contributed by atoms with Crippen LogP contribution < -0.4 is 4.74 Å². The number of hydrogen-bond acceptors (Lipinski definition) is 4. The first-order valence-electron chi connectivity index (χ1n) is 13.6. The van der Waals surface area contributed by atoms with Gasteiger partial charge in [-0.25, -0.2) is 9.97 Å². The third-order valence-electron chi connectivity index (χ3n) is 7.79. The van der Waals surface area contributed by atoms with Gasteiger partial charge in [0, 0.05) is 39.4 Å². The zero-order valence-electron chi connectivity index (χ0n) is 21.8. The van der Waals surface area contributed by atoms with Gasteiger partial charge in [0.2, 0.25) is 11.8 Å². The molecular formula is C35H21N5O. The van der Waals surface area contributed by atoms with E-state index >= 15 is 0 Å². The number of ether oxygens (including phenoxy) is 1. The molecule has 192 valence electrons. The molecule has 0 N–H and O–H groups in total. The zero-order valence-corrected chi connectivity index (χ0v) is 21.8. The Balaban J connectivity index is 1.23. The minimum atomic E-state index is 0.484. The van der Waals surface area contributed by atoms with Gasteiger partial charge in [0.05, 0.1) is 27.6 Å². The maximum Gasteiger partial charge on any atom is 0.223 e. The van der Waals surface area contributed by atoms with E-state index in [4.69, 9.17) is 19.7 Å². The van der Waals surface area contributed by atoms with Crippen molar-refractivity contribution in [2.45, 2.75) is 0 Å². The fourth-order valence-corrected chi connectivity index (χ4v) is 6.03. The molecule has 0 atom stereocenters. The predicted octanol–water partition coefficient (Wildman–Crippen LogP) is 8.47. The monoisotopic (exact) mass is 527 g/mol. The van der Waals surface area contributed by atoms with Crippen LogP contribution in [-0.4, -0.2) is 23.9 Å². The molecule has 0 bridgehead atoms. The van der Waals surface area contributed by atoms with E-state index in [1.807, 2.05) is 66.7 Å². The van der Waals surface area contributed by atoms with E-state index in [9.17, 15) is 0 Å². The van der Waals surface area contributed by atoms with Crippen LogP contribution in [0.2, 0.25) is 0 Å². The minimum Gasteiger partial charge on any atom is -0.421 e. The normalized spacial score (nSPS) is 11.9. The van der Waals surface area contributed by atoms with Crippen LogP contribution in [0.1, 0.15) is 0 Å². The van der Waals surface area contributed by atoms with Crippen molar-refractivity contribution in [2.75, 3.05) is 0 Å². The maximum atomic E-state index is 6.34. The lowest BCUT2D eigenvalue weighted by atomic mass is 10.1. The summed E-state index contributed by atoms with van der Waals surface area (Å²) in [5, 5.41) is 4.23. The van der Waals surface area contributed by atoms with Crippen molar-refractivity contribution in [3.63, 3.8) is 0 Å². The van der Waals surface area contributed by atoms with Gasteiger partial charge in [-0.1, -0.05) is 66.7 Å². The average Bonchev–Trinajstić information content (AvgIpc) is 3.58. The first-order valence-corrected chi connectivity index (χ1v) is 13.6. The Morgan fingerprint density at radius 2 is 1.10 bits per heavy atom. The van der Waals surface area contributed by atoms with Crippen LogP contribution in [0.15, 0.2) is 127 Å². The topological polar surface area (TPSA) is 57.2 Å². The summed E-state index contributed by atoms with van der Waals surface area (Å²) in [6.07, 6.45) is 0. The lowest BCUT2D eigenvalue weighted by Crippen LogP contribution is -1.97. The average molecular weight is 528 g/mol. The molecule has 0 saturated heterocycles. The summed E-state index contributed by atoms with van der Waals surface area (Å²) in [7, 11) is 0. The summed E-state index contributed by atoms with van der Waals surface area (Å²) < 4.78 is 10.7. The fourth-order valence-electron chi connectivity index (χ4n) is 6.03. The zero-order chi connectivity index (χ0) is 26.9. The van der Waals surface area contributed by atoms with Gasteiger partial charge >= 0.3 is 0 Å².